The number of fused-ring (bicyclic) bond motifs is 1. The Morgan fingerprint density at radius 3 is 2.63 bits per heavy atom. The third kappa shape index (κ3) is 3.77. The largest absolute Gasteiger partial charge is 0.508 e. The van der Waals surface area contributed by atoms with Gasteiger partial charge in [-0.1, -0.05) is 12.1 Å². The van der Waals surface area contributed by atoms with Gasteiger partial charge in [0.1, 0.15) is 11.6 Å². The fourth-order valence-electron chi connectivity index (χ4n) is 3.21. The van der Waals surface area contributed by atoms with Gasteiger partial charge in [0.25, 0.3) is 0 Å². The predicted octanol–water partition coefficient (Wildman–Crippen LogP) is 4.30. The maximum absolute atomic E-state index is 9.36. The molecule has 5 nitrogen and oxygen atoms in total. The summed E-state index contributed by atoms with van der Waals surface area (Å²) in [6, 6.07) is 17.7. The van der Waals surface area contributed by atoms with Crippen molar-refractivity contribution in [1.29, 1.82) is 0 Å². The third-order valence-electron chi connectivity index (χ3n) is 4.65. The number of aromatic nitrogens is 3. The molecule has 0 amide bonds. The summed E-state index contributed by atoms with van der Waals surface area (Å²) >= 11 is 0. The Bertz CT molecular complexity index is 1080. The Balaban J connectivity index is 1.52. The molecule has 2 aromatic heterocycles. The fourth-order valence-corrected chi connectivity index (χ4v) is 3.21. The lowest BCUT2D eigenvalue weighted by Gasteiger charge is -2.09. The van der Waals surface area contributed by atoms with Crippen LogP contribution in [-0.2, 0) is 13.5 Å². The molecule has 0 unspecified atom stereocenters. The number of aryl methyl sites for hydroxylation is 2. The Hall–Kier alpha value is -3.34. The number of nitrogens with one attached hydrogen (secondary N) is 1. The zero-order chi connectivity index (χ0) is 18.8. The Morgan fingerprint density at radius 2 is 1.81 bits per heavy atom. The van der Waals surface area contributed by atoms with Crippen LogP contribution in [0.2, 0.25) is 0 Å². The van der Waals surface area contributed by atoms with Crippen molar-refractivity contribution in [3.8, 4) is 17.1 Å². The van der Waals surface area contributed by atoms with Crippen LogP contribution < -0.4 is 5.32 Å². The molecular weight excluding hydrogens is 336 g/mol. The standard InChI is InChI=1S/C22H22N4O/c1-15-13-21(23-11-9-16-3-6-19(27)7-4-16)25-22(24-15)18-5-8-20-17(14-18)10-12-26(20)2/h3-8,10,12-14,27H,9,11H2,1-2H3,(H,23,24,25). The maximum Gasteiger partial charge on any atom is 0.161 e. The van der Waals surface area contributed by atoms with Gasteiger partial charge in [-0.05, 0) is 55.3 Å². The molecule has 136 valence electrons. The second-order valence-electron chi connectivity index (χ2n) is 6.76. The number of nitrogens with zero attached hydrogens (tertiary/aromatic N) is 3. The minimum atomic E-state index is 0.290. The third-order valence-corrected chi connectivity index (χ3v) is 4.65. The zero-order valence-corrected chi connectivity index (χ0v) is 15.5. The van der Waals surface area contributed by atoms with Crippen LogP contribution in [0.25, 0.3) is 22.3 Å². The molecule has 0 saturated carbocycles. The summed E-state index contributed by atoms with van der Waals surface area (Å²) in [7, 11) is 2.04. The van der Waals surface area contributed by atoms with E-state index in [0.717, 1.165) is 35.9 Å². The highest BCUT2D eigenvalue weighted by atomic mass is 16.3. The van der Waals surface area contributed by atoms with E-state index in [4.69, 9.17) is 4.98 Å². The number of phenolic OH excluding ortho intramolecular Hbond substituents is 1. The number of anilines is 1. The average molecular weight is 358 g/mol. The van der Waals surface area contributed by atoms with E-state index in [2.05, 4.69) is 45.3 Å². The van der Waals surface area contributed by atoms with E-state index in [1.54, 1.807) is 12.1 Å². The van der Waals surface area contributed by atoms with E-state index in [1.165, 1.54) is 16.5 Å². The number of hydrogen-bond donors (Lipinski definition) is 2. The first-order chi connectivity index (χ1) is 13.1. The molecular formula is C22H22N4O. The lowest BCUT2D eigenvalue weighted by Crippen LogP contribution is -2.07. The van der Waals surface area contributed by atoms with Crippen LogP contribution in [0.5, 0.6) is 5.75 Å². The first-order valence-corrected chi connectivity index (χ1v) is 9.01. The minimum absolute atomic E-state index is 0.290. The van der Waals surface area contributed by atoms with Crippen molar-refractivity contribution in [2.45, 2.75) is 13.3 Å². The Kier molecular flexibility index (Phi) is 4.50. The quantitative estimate of drug-likeness (QED) is 0.558. The van der Waals surface area contributed by atoms with Crippen LogP contribution in [0, 0.1) is 6.92 Å². The Morgan fingerprint density at radius 1 is 1.00 bits per heavy atom. The highest BCUT2D eigenvalue weighted by Crippen LogP contribution is 2.24. The molecule has 0 aliphatic rings. The van der Waals surface area contributed by atoms with Crippen molar-refractivity contribution < 1.29 is 5.11 Å². The summed E-state index contributed by atoms with van der Waals surface area (Å²) in [5, 5.41) is 13.9. The monoisotopic (exact) mass is 358 g/mol. The highest BCUT2D eigenvalue weighted by molar-refractivity contribution is 5.84. The fraction of sp³-hybridized carbons (Fsp3) is 0.182. The van der Waals surface area contributed by atoms with Crippen LogP contribution >= 0.6 is 0 Å². The molecule has 2 N–H and O–H groups in total. The molecule has 0 aliphatic heterocycles. The lowest BCUT2D eigenvalue weighted by atomic mass is 10.1. The van der Waals surface area contributed by atoms with Gasteiger partial charge >= 0.3 is 0 Å². The van der Waals surface area contributed by atoms with E-state index < -0.39 is 0 Å². The van der Waals surface area contributed by atoms with Gasteiger partial charge in [0.05, 0.1) is 0 Å². The van der Waals surface area contributed by atoms with Gasteiger partial charge in [0, 0.05) is 48.0 Å². The minimum Gasteiger partial charge on any atom is -0.508 e. The van der Waals surface area contributed by atoms with Crippen molar-refractivity contribution in [1.82, 2.24) is 14.5 Å². The number of rotatable bonds is 5. The Labute approximate surface area is 158 Å². The van der Waals surface area contributed by atoms with Gasteiger partial charge in [-0.3, -0.25) is 0 Å². The number of aromatic hydroxyl groups is 1. The van der Waals surface area contributed by atoms with Crippen LogP contribution in [-0.4, -0.2) is 26.2 Å². The summed E-state index contributed by atoms with van der Waals surface area (Å²) < 4.78 is 2.10. The highest BCUT2D eigenvalue weighted by Gasteiger charge is 2.07. The lowest BCUT2D eigenvalue weighted by molar-refractivity contribution is 0.475. The van der Waals surface area contributed by atoms with E-state index >= 15 is 0 Å². The van der Waals surface area contributed by atoms with Crippen LogP contribution in [0.1, 0.15) is 11.3 Å². The van der Waals surface area contributed by atoms with Gasteiger partial charge in [0.15, 0.2) is 5.82 Å². The van der Waals surface area contributed by atoms with Crippen molar-refractivity contribution in [3.05, 3.63) is 72.1 Å². The summed E-state index contributed by atoms with van der Waals surface area (Å²) in [5.41, 5.74) is 4.30. The maximum atomic E-state index is 9.36. The molecule has 0 atom stereocenters. The first kappa shape index (κ1) is 17.1. The van der Waals surface area contributed by atoms with E-state index in [9.17, 15) is 5.11 Å². The first-order valence-electron chi connectivity index (χ1n) is 9.01. The summed E-state index contributed by atoms with van der Waals surface area (Å²) in [6.45, 7) is 2.75. The molecule has 4 rings (SSSR count). The second-order valence-corrected chi connectivity index (χ2v) is 6.76. The number of phenols is 1. The van der Waals surface area contributed by atoms with Gasteiger partial charge in [-0.2, -0.15) is 0 Å². The molecule has 0 radical (unpaired) electrons. The predicted molar refractivity (Wildman–Crippen MR) is 109 cm³/mol. The van der Waals surface area contributed by atoms with Crippen LogP contribution in [0.4, 0.5) is 5.82 Å². The van der Waals surface area contributed by atoms with E-state index in [-0.39, 0.29) is 5.75 Å². The van der Waals surface area contributed by atoms with Crippen LogP contribution in [0.15, 0.2) is 60.8 Å². The topological polar surface area (TPSA) is 63.0 Å². The molecule has 27 heavy (non-hydrogen) atoms. The van der Waals surface area contributed by atoms with Gasteiger partial charge in [0.2, 0.25) is 0 Å². The van der Waals surface area contributed by atoms with Gasteiger partial charge < -0.3 is 15.0 Å². The van der Waals surface area contributed by atoms with Crippen LogP contribution in [0.3, 0.4) is 0 Å². The molecule has 5 heteroatoms. The molecule has 0 fully saturated rings. The van der Waals surface area contributed by atoms with Gasteiger partial charge in [-0.15, -0.1) is 0 Å². The molecule has 2 aromatic carbocycles. The van der Waals surface area contributed by atoms with Crippen molar-refractivity contribution in [3.63, 3.8) is 0 Å². The van der Waals surface area contributed by atoms with Crippen molar-refractivity contribution in [2.24, 2.45) is 7.05 Å². The van der Waals surface area contributed by atoms with Gasteiger partial charge in [-0.25, -0.2) is 9.97 Å². The normalized spacial score (nSPS) is 11.0. The summed E-state index contributed by atoms with van der Waals surface area (Å²) in [4.78, 5) is 9.30. The molecule has 0 saturated heterocycles. The number of hydrogen-bond acceptors (Lipinski definition) is 4. The average Bonchev–Trinajstić information content (AvgIpc) is 3.03. The molecule has 2 heterocycles. The molecule has 0 bridgehead atoms. The van der Waals surface area contributed by atoms with E-state index in [1.807, 2.05) is 32.2 Å². The molecule has 0 spiro atoms. The summed E-state index contributed by atoms with van der Waals surface area (Å²) in [5.74, 6) is 1.84. The smallest absolute Gasteiger partial charge is 0.161 e. The SMILES string of the molecule is Cc1cc(NCCc2ccc(O)cc2)nc(-c2ccc3c(ccn3C)c2)n1. The molecule has 0 aliphatic carbocycles. The number of benzene rings is 2. The zero-order valence-electron chi connectivity index (χ0n) is 15.5. The van der Waals surface area contributed by atoms with E-state index in [0.29, 0.717) is 0 Å². The van der Waals surface area contributed by atoms with Crippen molar-refractivity contribution >= 4 is 16.7 Å². The van der Waals surface area contributed by atoms with Crippen molar-refractivity contribution in [2.75, 3.05) is 11.9 Å². The molecule has 4 aromatic rings. The summed E-state index contributed by atoms with van der Waals surface area (Å²) in [6.07, 6.45) is 2.91. The second kappa shape index (κ2) is 7.11.